The lowest BCUT2D eigenvalue weighted by Crippen LogP contribution is -2.40. The smallest absolute Gasteiger partial charge is 0.258 e. The number of para-hydroxylation sites is 2. The molecule has 0 aliphatic carbocycles. The normalized spacial score (nSPS) is 20.9. The number of nitrogens with one attached hydrogen (secondary N) is 3. The monoisotopic (exact) mass is 411 g/mol. The molecule has 2 atom stereocenters. The fourth-order valence-electron chi connectivity index (χ4n) is 4.08. The maximum Gasteiger partial charge on any atom is 0.258 e. The van der Waals surface area contributed by atoms with Crippen LogP contribution in [0.25, 0.3) is 0 Å². The number of aromatic amines is 1. The molecule has 3 heterocycles. The SMILES string of the molecule is COc1ccccc1NC(=O)[C@@H]1CC(=O)Nc2nc(N3CCC[C@@H](C)C3)[nH]c(=O)c21. The molecule has 4 rings (SSSR count). The zero-order valence-corrected chi connectivity index (χ0v) is 17.0. The highest BCUT2D eigenvalue weighted by atomic mass is 16.5. The summed E-state index contributed by atoms with van der Waals surface area (Å²) in [5.74, 6) is -0.174. The Morgan fingerprint density at radius 2 is 2.10 bits per heavy atom. The van der Waals surface area contributed by atoms with Gasteiger partial charge in [0, 0.05) is 19.5 Å². The number of piperidine rings is 1. The average molecular weight is 411 g/mol. The highest BCUT2D eigenvalue weighted by Crippen LogP contribution is 2.32. The van der Waals surface area contributed by atoms with Crippen LogP contribution in [0.5, 0.6) is 5.75 Å². The van der Waals surface area contributed by atoms with E-state index in [1.807, 2.05) is 4.90 Å². The standard InChI is InChI=1S/C21H25N5O4/c1-12-6-5-9-26(11-12)21-24-18-17(20(29)25-21)13(10-16(27)23-18)19(28)22-14-7-3-4-8-15(14)30-2/h3-4,7-8,12-13H,5-6,9-11H2,1-2H3,(H,22,28)(H2,23,24,25,27,29)/t12-,13-/m1/s1. The van der Waals surface area contributed by atoms with Crippen molar-refractivity contribution in [3.63, 3.8) is 0 Å². The van der Waals surface area contributed by atoms with Crippen LogP contribution in [-0.2, 0) is 9.59 Å². The first kappa shape index (κ1) is 19.9. The van der Waals surface area contributed by atoms with Gasteiger partial charge in [-0.05, 0) is 30.9 Å². The number of fused-ring (bicyclic) bond motifs is 1. The first-order valence-electron chi connectivity index (χ1n) is 10.1. The number of hydrogen-bond donors (Lipinski definition) is 3. The van der Waals surface area contributed by atoms with Gasteiger partial charge in [0.25, 0.3) is 5.56 Å². The number of amides is 2. The fourth-order valence-corrected chi connectivity index (χ4v) is 4.08. The topological polar surface area (TPSA) is 116 Å². The zero-order valence-electron chi connectivity index (χ0n) is 17.0. The Morgan fingerprint density at radius 1 is 1.30 bits per heavy atom. The predicted octanol–water partition coefficient (Wildman–Crippen LogP) is 2.08. The van der Waals surface area contributed by atoms with Crippen LogP contribution in [0, 0.1) is 5.92 Å². The number of methoxy groups -OCH3 is 1. The molecule has 2 aliphatic rings. The molecule has 1 saturated heterocycles. The van der Waals surface area contributed by atoms with Crippen molar-refractivity contribution in [2.24, 2.45) is 5.92 Å². The lowest BCUT2D eigenvalue weighted by Gasteiger charge is -2.32. The molecule has 9 heteroatoms. The van der Waals surface area contributed by atoms with E-state index in [2.05, 4.69) is 27.5 Å². The van der Waals surface area contributed by atoms with Crippen LogP contribution in [0.3, 0.4) is 0 Å². The molecule has 9 nitrogen and oxygen atoms in total. The summed E-state index contributed by atoms with van der Waals surface area (Å²) in [6.45, 7) is 3.73. The molecule has 3 N–H and O–H groups in total. The molecule has 0 unspecified atom stereocenters. The van der Waals surface area contributed by atoms with Crippen molar-refractivity contribution in [2.45, 2.75) is 32.1 Å². The number of nitrogens with zero attached hydrogens (tertiary/aromatic N) is 2. The van der Waals surface area contributed by atoms with Crippen molar-refractivity contribution in [1.82, 2.24) is 9.97 Å². The Kier molecular flexibility index (Phi) is 5.43. The highest BCUT2D eigenvalue weighted by Gasteiger charge is 2.35. The van der Waals surface area contributed by atoms with Crippen LogP contribution in [-0.4, -0.2) is 42.0 Å². The Labute approximate surface area is 173 Å². The first-order chi connectivity index (χ1) is 14.5. The number of carbonyl (C=O) groups excluding carboxylic acids is 2. The number of benzene rings is 1. The summed E-state index contributed by atoms with van der Waals surface area (Å²) in [5, 5.41) is 5.43. The largest absolute Gasteiger partial charge is 0.495 e. The van der Waals surface area contributed by atoms with Crippen molar-refractivity contribution in [2.75, 3.05) is 35.7 Å². The number of rotatable bonds is 4. The highest BCUT2D eigenvalue weighted by molar-refractivity contribution is 6.04. The van der Waals surface area contributed by atoms with Gasteiger partial charge in [0.1, 0.15) is 11.6 Å². The van der Waals surface area contributed by atoms with Gasteiger partial charge >= 0.3 is 0 Å². The van der Waals surface area contributed by atoms with Gasteiger partial charge in [-0.25, -0.2) is 0 Å². The van der Waals surface area contributed by atoms with E-state index in [4.69, 9.17) is 4.74 Å². The second kappa shape index (κ2) is 8.17. The van der Waals surface area contributed by atoms with Gasteiger partial charge in [-0.3, -0.25) is 19.4 Å². The van der Waals surface area contributed by atoms with E-state index in [-0.39, 0.29) is 23.7 Å². The Morgan fingerprint density at radius 3 is 2.87 bits per heavy atom. The molecule has 1 fully saturated rings. The van der Waals surface area contributed by atoms with Gasteiger partial charge < -0.3 is 20.3 Å². The van der Waals surface area contributed by atoms with Crippen LogP contribution in [0.2, 0.25) is 0 Å². The molecular weight excluding hydrogens is 386 g/mol. The third-order valence-electron chi connectivity index (χ3n) is 5.58. The van der Waals surface area contributed by atoms with Gasteiger partial charge in [0.05, 0.1) is 24.3 Å². The molecular formula is C21H25N5O4. The van der Waals surface area contributed by atoms with Crippen molar-refractivity contribution in [3.05, 3.63) is 40.2 Å². The van der Waals surface area contributed by atoms with E-state index in [0.717, 1.165) is 25.9 Å². The number of aromatic nitrogens is 2. The number of H-pyrrole nitrogens is 1. The average Bonchev–Trinajstić information content (AvgIpc) is 2.73. The van der Waals surface area contributed by atoms with Crippen LogP contribution >= 0.6 is 0 Å². The summed E-state index contributed by atoms with van der Waals surface area (Å²) < 4.78 is 5.26. The molecule has 30 heavy (non-hydrogen) atoms. The maximum absolute atomic E-state index is 13.0. The Balaban J connectivity index is 1.65. The molecule has 1 aromatic heterocycles. The Bertz CT molecular complexity index is 1030. The molecule has 0 bridgehead atoms. The van der Waals surface area contributed by atoms with Crippen LogP contribution in [0.15, 0.2) is 29.1 Å². The molecule has 0 spiro atoms. The van der Waals surface area contributed by atoms with Gasteiger partial charge in [0.15, 0.2) is 0 Å². The Hall–Kier alpha value is -3.36. The quantitative estimate of drug-likeness (QED) is 0.709. The molecule has 2 aliphatic heterocycles. The van der Waals surface area contributed by atoms with E-state index in [9.17, 15) is 14.4 Å². The van der Waals surface area contributed by atoms with Gasteiger partial charge in [-0.2, -0.15) is 4.98 Å². The van der Waals surface area contributed by atoms with E-state index in [1.165, 1.54) is 7.11 Å². The third-order valence-corrected chi connectivity index (χ3v) is 5.58. The van der Waals surface area contributed by atoms with Crippen LogP contribution in [0.1, 0.15) is 37.7 Å². The second-order valence-corrected chi connectivity index (χ2v) is 7.84. The summed E-state index contributed by atoms with van der Waals surface area (Å²) in [4.78, 5) is 47.5. The van der Waals surface area contributed by atoms with Crippen molar-refractivity contribution >= 4 is 29.3 Å². The molecule has 2 amide bonds. The molecule has 158 valence electrons. The first-order valence-corrected chi connectivity index (χ1v) is 10.1. The predicted molar refractivity (Wildman–Crippen MR) is 113 cm³/mol. The number of carbonyl (C=O) groups is 2. The molecule has 0 saturated carbocycles. The molecule has 2 aromatic rings. The van der Waals surface area contributed by atoms with Crippen molar-refractivity contribution < 1.29 is 14.3 Å². The third kappa shape index (κ3) is 3.87. The summed E-state index contributed by atoms with van der Waals surface area (Å²) in [6.07, 6.45) is 2.02. The number of hydrogen-bond acceptors (Lipinski definition) is 6. The molecule has 0 radical (unpaired) electrons. The minimum absolute atomic E-state index is 0.126. The number of ether oxygens (including phenoxy) is 1. The van der Waals surface area contributed by atoms with Crippen LogP contribution in [0.4, 0.5) is 17.5 Å². The van der Waals surface area contributed by atoms with Gasteiger partial charge in [-0.15, -0.1) is 0 Å². The molecule has 1 aromatic carbocycles. The van der Waals surface area contributed by atoms with E-state index < -0.39 is 17.4 Å². The zero-order chi connectivity index (χ0) is 21.3. The minimum Gasteiger partial charge on any atom is -0.495 e. The minimum atomic E-state index is -0.941. The van der Waals surface area contributed by atoms with E-state index in [0.29, 0.717) is 23.3 Å². The summed E-state index contributed by atoms with van der Waals surface area (Å²) >= 11 is 0. The van der Waals surface area contributed by atoms with E-state index >= 15 is 0 Å². The lowest BCUT2D eigenvalue weighted by atomic mass is 9.92. The van der Waals surface area contributed by atoms with Crippen LogP contribution < -0.4 is 25.8 Å². The second-order valence-electron chi connectivity index (χ2n) is 7.84. The summed E-state index contributed by atoms with van der Waals surface area (Å²) in [6, 6.07) is 6.97. The van der Waals surface area contributed by atoms with Gasteiger partial charge in [-0.1, -0.05) is 19.1 Å². The summed E-state index contributed by atoms with van der Waals surface area (Å²) in [7, 11) is 1.51. The fraction of sp³-hybridized carbons (Fsp3) is 0.429. The van der Waals surface area contributed by atoms with Gasteiger partial charge in [0.2, 0.25) is 17.8 Å². The van der Waals surface area contributed by atoms with E-state index in [1.54, 1.807) is 24.3 Å². The number of anilines is 3. The van der Waals surface area contributed by atoms with Crippen molar-refractivity contribution in [3.8, 4) is 5.75 Å². The summed E-state index contributed by atoms with van der Waals surface area (Å²) in [5.41, 5.74) is 0.241. The lowest BCUT2D eigenvalue weighted by molar-refractivity contribution is -0.123. The maximum atomic E-state index is 13.0. The van der Waals surface area contributed by atoms with Crippen molar-refractivity contribution in [1.29, 1.82) is 0 Å².